The van der Waals surface area contributed by atoms with Gasteiger partial charge >= 0.3 is 0 Å². The van der Waals surface area contributed by atoms with E-state index in [0.29, 0.717) is 15.1 Å². The van der Waals surface area contributed by atoms with Crippen LogP contribution >= 0.6 is 8.58 Å². The Morgan fingerprint density at radius 3 is 2.88 bits per heavy atom. The third-order valence-electron chi connectivity index (χ3n) is 2.53. The van der Waals surface area contributed by atoms with Gasteiger partial charge in [0.15, 0.2) is 0 Å². The summed E-state index contributed by atoms with van der Waals surface area (Å²) in [5.41, 5.74) is 3.60. The smallest absolute Gasteiger partial charge is 0.0639 e. The Labute approximate surface area is 104 Å². The molecule has 2 heteroatoms. The van der Waals surface area contributed by atoms with Gasteiger partial charge in [-0.25, -0.2) is 0 Å². The van der Waals surface area contributed by atoms with E-state index in [2.05, 4.69) is 55.4 Å². The number of benzene rings is 1. The van der Waals surface area contributed by atoms with Gasteiger partial charge < -0.3 is 0 Å². The molecule has 0 saturated carbocycles. The molecule has 1 atom stereocenters. The van der Waals surface area contributed by atoms with Crippen molar-refractivity contribution < 1.29 is 0 Å². The first-order valence-corrected chi connectivity index (χ1v) is 6.57. The topological polar surface area (TPSA) is 12.4 Å². The van der Waals surface area contributed by atoms with E-state index in [1.165, 1.54) is 11.1 Å². The Hall–Kier alpha value is -1.46. The second kappa shape index (κ2) is 5.25. The van der Waals surface area contributed by atoms with E-state index >= 15 is 0 Å². The largest absolute Gasteiger partial charge is 0.288 e. The summed E-state index contributed by atoms with van der Waals surface area (Å²) >= 11 is 0. The van der Waals surface area contributed by atoms with Gasteiger partial charge in [0.25, 0.3) is 0 Å². The molecule has 0 fully saturated rings. The highest BCUT2D eigenvalue weighted by Crippen LogP contribution is 2.34. The van der Waals surface area contributed by atoms with Gasteiger partial charge in [0.05, 0.1) is 6.54 Å². The second-order valence-electron chi connectivity index (χ2n) is 4.19. The van der Waals surface area contributed by atoms with Crippen LogP contribution in [-0.2, 0) is 0 Å². The van der Waals surface area contributed by atoms with E-state index in [1.54, 1.807) is 0 Å². The van der Waals surface area contributed by atoms with Crippen molar-refractivity contribution in [3.63, 3.8) is 0 Å². The van der Waals surface area contributed by atoms with Crippen molar-refractivity contribution in [2.24, 2.45) is 4.99 Å². The maximum absolute atomic E-state index is 4.41. The number of allylic oxidation sites excluding steroid dienone is 3. The van der Waals surface area contributed by atoms with Crippen LogP contribution in [0.5, 0.6) is 0 Å². The molecule has 1 aromatic carbocycles. The Kier molecular flexibility index (Phi) is 3.71. The molecule has 1 aliphatic heterocycles. The summed E-state index contributed by atoms with van der Waals surface area (Å²) < 4.78 is 0. The minimum absolute atomic E-state index is 0.587. The van der Waals surface area contributed by atoms with Crippen LogP contribution in [0.3, 0.4) is 0 Å². The Bertz CT molecular complexity index is 523. The Morgan fingerprint density at radius 1 is 1.29 bits per heavy atom. The molecule has 0 aromatic heterocycles. The third-order valence-corrected chi connectivity index (χ3v) is 3.51. The van der Waals surface area contributed by atoms with Crippen molar-refractivity contribution >= 4 is 20.4 Å². The van der Waals surface area contributed by atoms with Crippen LogP contribution in [0.25, 0.3) is 5.57 Å². The maximum Gasteiger partial charge on any atom is 0.0639 e. The van der Waals surface area contributed by atoms with E-state index in [0.717, 1.165) is 16.2 Å². The molecule has 0 radical (unpaired) electrons. The molecule has 0 bridgehead atoms. The summed E-state index contributed by atoms with van der Waals surface area (Å²) in [6, 6.07) is 8.45. The number of nitrogens with zero attached hydrogens (tertiary/aromatic N) is 1. The Balaban J connectivity index is 2.37. The fraction of sp³-hybridized carbons (Fsp3) is 0.133. The molecular weight excluding hydrogens is 225 g/mol. The lowest BCUT2D eigenvalue weighted by Gasteiger charge is -2.10. The third kappa shape index (κ3) is 3.25. The monoisotopic (exact) mass is 241 g/mol. The lowest BCUT2D eigenvalue weighted by atomic mass is 10.0. The fourth-order valence-electron chi connectivity index (χ4n) is 1.76. The number of aliphatic imine (C=N–C) groups is 1. The molecule has 86 valence electrons. The van der Waals surface area contributed by atoms with Crippen molar-refractivity contribution in [1.29, 1.82) is 0 Å². The van der Waals surface area contributed by atoms with E-state index in [-0.39, 0.29) is 0 Å². The normalized spacial score (nSPS) is 20.9. The lowest BCUT2D eigenvalue weighted by Crippen LogP contribution is -1.92. The number of aryl methyl sites for hydroxylation is 1. The quantitative estimate of drug-likeness (QED) is 0.654. The van der Waals surface area contributed by atoms with Crippen molar-refractivity contribution in [2.45, 2.75) is 6.92 Å². The highest BCUT2D eigenvalue weighted by molar-refractivity contribution is 7.48. The molecule has 1 aromatic rings. The van der Waals surface area contributed by atoms with Gasteiger partial charge in [0.1, 0.15) is 0 Å². The van der Waals surface area contributed by atoms with E-state index in [4.69, 9.17) is 0 Å². The van der Waals surface area contributed by atoms with Crippen molar-refractivity contribution in [3.05, 3.63) is 65.3 Å². The molecule has 2 rings (SSSR count). The maximum atomic E-state index is 4.41. The van der Waals surface area contributed by atoms with Crippen molar-refractivity contribution in [1.82, 2.24) is 0 Å². The summed E-state index contributed by atoms with van der Waals surface area (Å²) in [5.74, 6) is 0. The van der Waals surface area contributed by atoms with Crippen LogP contribution in [0.15, 0.2) is 59.1 Å². The predicted octanol–water partition coefficient (Wildman–Crippen LogP) is 4.17. The summed E-state index contributed by atoms with van der Waals surface area (Å²) in [7, 11) is 0.587. The van der Waals surface area contributed by atoms with E-state index < -0.39 is 0 Å². The first-order chi connectivity index (χ1) is 8.15. The average Bonchev–Trinajstić information content (AvgIpc) is 2.25. The highest BCUT2D eigenvalue weighted by atomic mass is 31.1. The second-order valence-corrected chi connectivity index (χ2v) is 5.79. The minimum Gasteiger partial charge on any atom is -0.288 e. The Morgan fingerprint density at radius 2 is 2.12 bits per heavy atom. The number of hydrogen-bond acceptors (Lipinski definition) is 1. The summed E-state index contributed by atoms with van der Waals surface area (Å²) in [6.07, 6.45) is 4.04. The van der Waals surface area contributed by atoms with E-state index in [9.17, 15) is 0 Å². The molecule has 0 spiro atoms. The first-order valence-electron chi connectivity index (χ1n) is 5.57. The minimum atomic E-state index is 0.587. The van der Waals surface area contributed by atoms with Gasteiger partial charge in [-0.3, -0.25) is 4.99 Å². The summed E-state index contributed by atoms with van der Waals surface area (Å²) in [6.45, 7) is 10.9. The first kappa shape index (κ1) is 12.0. The standard InChI is InChI=1S/C15H16NP/c1-11-5-4-6-14(7-11)15-8-12(2)17-13(3)9-16-10-15/h4-8,10,17H,2-3,9H2,1H3/b15-8+,16-10?. The van der Waals surface area contributed by atoms with Crippen LogP contribution in [0, 0.1) is 6.92 Å². The van der Waals surface area contributed by atoms with Gasteiger partial charge in [0, 0.05) is 11.8 Å². The molecule has 0 N–H and O–H groups in total. The van der Waals surface area contributed by atoms with Crippen LogP contribution in [0.1, 0.15) is 11.1 Å². The van der Waals surface area contributed by atoms with Crippen LogP contribution in [-0.4, -0.2) is 12.8 Å². The van der Waals surface area contributed by atoms with E-state index in [1.807, 2.05) is 6.21 Å². The highest BCUT2D eigenvalue weighted by Gasteiger charge is 2.04. The SMILES string of the molecule is C=C1/C=C(/c2cccc(C)c2)C=NCC(=C)P1. The zero-order valence-electron chi connectivity index (χ0n) is 10.0. The molecule has 1 heterocycles. The average molecular weight is 241 g/mol. The van der Waals surface area contributed by atoms with Crippen LogP contribution in [0.2, 0.25) is 0 Å². The molecule has 1 aliphatic rings. The number of hydrogen-bond donors (Lipinski definition) is 0. The van der Waals surface area contributed by atoms with Crippen LogP contribution < -0.4 is 0 Å². The molecular formula is C15H16NP. The number of rotatable bonds is 1. The van der Waals surface area contributed by atoms with Gasteiger partial charge in [-0.15, -0.1) is 0 Å². The molecule has 1 unspecified atom stereocenters. The van der Waals surface area contributed by atoms with Gasteiger partial charge in [-0.1, -0.05) is 51.6 Å². The molecule has 0 amide bonds. The van der Waals surface area contributed by atoms with Gasteiger partial charge in [-0.05, 0) is 29.2 Å². The zero-order chi connectivity index (χ0) is 12.3. The fourth-order valence-corrected chi connectivity index (χ4v) is 2.62. The molecule has 0 aliphatic carbocycles. The van der Waals surface area contributed by atoms with Gasteiger partial charge in [-0.2, -0.15) is 0 Å². The summed E-state index contributed by atoms with van der Waals surface area (Å²) in [5, 5.41) is 2.27. The summed E-state index contributed by atoms with van der Waals surface area (Å²) in [4.78, 5) is 4.41. The zero-order valence-corrected chi connectivity index (χ0v) is 11.0. The van der Waals surface area contributed by atoms with Gasteiger partial charge in [0.2, 0.25) is 0 Å². The molecule has 17 heavy (non-hydrogen) atoms. The lowest BCUT2D eigenvalue weighted by molar-refractivity contribution is 1.24. The van der Waals surface area contributed by atoms with Crippen molar-refractivity contribution in [3.8, 4) is 0 Å². The molecule has 1 nitrogen and oxygen atoms in total. The van der Waals surface area contributed by atoms with Crippen molar-refractivity contribution in [2.75, 3.05) is 6.54 Å². The van der Waals surface area contributed by atoms with Crippen LogP contribution in [0.4, 0.5) is 0 Å². The molecule has 0 saturated heterocycles. The predicted molar refractivity (Wildman–Crippen MR) is 79.1 cm³/mol.